The summed E-state index contributed by atoms with van der Waals surface area (Å²) in [5, 5.41) is 8.97. The Bertz CT molecular complexity index is 569. The van der Waals surface area contributed by atoms with E-state index in [4.69, 9.17) is 14.6 Å². The highest BCUT2D eigenvalue weighted by atomic mass is 16.6. The van der Waals surface area contributed by atoms with Crippen molar-refractivity contribution in [2.45, 2.75) is 38.0 Å². The van der Waals surface area contributed by atoms with Gasteiger partial charge in [-0.05, 0) is 31.9 Å². The molecule has 0 radical (unpaired) electrons. The van der Waals surface area contributed by atoms with Crippen molar-refractivity contribution in [3.05, 3.63) is 24.3 Å². The highest BCUT2D eigenvalue weighted by molar-refractivity contribution is 5.86. The molecule has 21 heavy (non-hydrogen) atoms. The average molecular weight is 291 g/mol. The minimum Gasteiger partial charge on any atom is -0.482 e. The Morgan fingerprint density at radius 3 is 2.43 bits per heavy atom. The van der Waals surface area contributed by atoms with Crippen LogP contribution in [0.25, 0.3) is 0 Å². The summed E-state index contributed by atoms with van der Waals surface area (Å²) in [6.07, 6.45) is 0.428. The van der Waals surface area contributed by atoms with E-state index in [9.17, 15) is 9.59 Å². The van der Waals surface area contributed by atoms with Crippen molar-refractivity contribution in [1.82, 2.24) is 4.90 Å². The monoisotopic (exact) mass is 291 g/mol. The van der Waals surface area contributed by atoms with E-state index in [1.807, 2.05) is 6.07 Å². The zero-order valence-corrected chi connectivity index (χ0v) is 11.7. The zero-order chi connectivity index (χ0) is 15.0. The van der Waals surface area contributed by atoms with Gasteiger partial charge in [0.2, 0.25) is 6.10 Å². The Kier molecular flexibility index (Phi) is 3.45. The fourth-order valence-electron chi connectivity index (χ4n) is 2.47. The lowest BCUT2D eigenvalue weighted by Gasteiger charge is -2.34. The lowest BCUT2D eigenvalue weighted by molar-refractivity contribution is -0.151. The number of benzene rings is 1. The van der Waals surface area contributed by atoms with Crippen molar-refractivity contribution in [2.75, 3.05) is 6.54 Å². The molecule has 1 amide bonds. The Hall–Kier alpha value is -2.24. The largest absolute Gasteiger partial charge is 0.482 e. The number of aliphatic carboxylic acids is 1. The van der Waals surface area contributed by atoms with Crippen LogP contribution >= 0.6 is 0 Å². The van der Waals surface area contributed by atoms with E-state index in [1.165, 1.54) is 4.90 Å². The summed E-state index contributed by atoms with van der Waals surface area (Å²) in [6, 6.07) is 7.16. The van der Waals surface area contributed by atoms with Crippen LogP contribution in [0.4, 0.5) is 0 Å². The molecule has 1 saturated carbocycles. The van der Waals surface area contributed by atoms with Gasteiger partial charge in [-0.25, -0.2) is 0 Å². The molecule has 2 aliphatic rings. The summed E-state index contributed by atoms with van der Waals surface area (Å²) in [6.45, 7) is 1.46. The zero-order valence-electron chi connectivity index (χ0n) is 11.7. The quantitative estimate of drug-likeness (QED) is 0.904. The SMILES string of the molecule is CC1Oc2ccccc2OC1C(=O)N(CC(=O)O)C1CC1. The molecule has 1 aromatic rings. The van der Waals surface area contributed by atoms with E-state index in [-0.39, 0.29) is 18.5 Å². The summed E-state index contributed by atoms with van der Waals surface area (Å²) in [5.74, 6) is -0.216. The third-order valence-electron chi connectivity index (χ3n) is 3.66. The van der Waals surface area contributed by atoms with Crippen molar-refractivity contribution in [3.63, 3.8) is 0 Å². The van der Waals surface area contributed by atoms with E-state index in [1.54, 1.807) is 25.1 Å². The predicted molar refractivity (Wildman–Crippen MR) is 73.3 cm³/mol. The van der Waals surface area contributed by atoms with Gasteiger partial charge in [0.1, 0.15) is 12.6 Å². The van der Waals surface area contributed by atoms with Crippen LogP contribution in [0, 0.1) is 0 Å². The first-order valence-electron chi connectivity index (χ1n) is 7.01. The number of rotatable bonds is 4. The average Bonchev–Trinajstić information content (AvgIpc) is 3.27. The van der Waals surface area contributed by atoms with E-state index in [0.29, 0.717) is 11.5 Å². The lowest BCUT2D eigenvalue weighted by atomic mass is 10.1. The molecule has 1 N–H and O–H groups in total. The standard InChI is InChI=1S/C15H17NO5/c1-9-14(21-12-5-3-2-4-11(12)20-9)15(19)16(8-13(17)18)10-6-7-10/h2-5,9-10,14H,6-8H2,1H3,(H,17,18). The molecule has 0 saturated heterocycles. The number of carboxylic acid groups (broad SMARTS) is 1. The van der Waals surface area contributed by atoms with Gasteiger partial charge in [0, 0.05) is 6.04 Å². The third kappa shape index (κ3) is 2.79. The molecular weight excluding hydrogens is 274 g/mol. The number of fused-ring (bicyclic) bond motifs is 1. The molecule has 1 aliphatic heterocycles. The molecule has 1 aromatic carbocycles. The molecule has 3 rings (SSSR count). The number of ether oxygens (including phenoxy) is 2. The first-order valence-corrected chi connectivity index (χ1v) is 7.01. The number of hydrogen-bond acceptors (Lipinski definition) is 4. The normalized spacial score (nSPS) is 23.5. The second-order valence-electron chi connectivity index (χ2n) is 5.40. The Balaban J connectivity index is 1.79. The van der Waals surface area contributed by atoms with Crippen molar-refractivity contribution in [3.8, 4) is 11.5 Å². The molecule has 2 atom stereocenters. The van der Waals surface area contributed by atoms with Gasteiger partial charge >= 0.3 is 5.97 Å². The number of amides is 1. The molecule has 1 fully saturated rings. The minimum atomic E-state index is -1.01. The van der Waals surface area contributed by atoms with E-state index in [2.05, 4.69) is 0 Å². The number of carbonyl (C=O) groups excluding carboxylic acids is 1. The van der Waals surface area contributed by atoms with Gasteiger partial charge in [0.15, 0.2) is 11.5 Å². The molecule has 6 heteroatoms. The lowest BCUT2D eigenvalue weighted by Crippen LogP contribution is -2.52. The van der Waals surface area contributed by atoms with Crippen LogP contribution in [0.2, 0.25) is 0 Å². The first kappa shape index (κ1) is 13.7. The van der Waals surface area contributed by atoms with Gasteiger partial charge < -0.3 is 19.5 Å². The molecule has 0 bridgehead atoms. The first-order chi connectivity index (χ1) is 10.1. The molecule has 112 valence electrons. The van der Waals surface area contributed by atoms with E-state index < -0.39 is 18.2 Å². The summed E-state index contributed by atoms with van der Waals surface area (Å²) < 4.78 is 11.4. The maximum Gasteiger partial charge on any atom is 0.323 e. The van der Waals surface area contributed by atoms with Crippen LogP contribution in [0.1, 0.15) is 19.8 Å². The van der Waals surface area contributed by atoms with Crippen LogP contribution in [0.5, 0.6) is 11.5 Å². The fraction of sp³-hybridized carbons (Fsp3) is 0.467. The van der Waals surface area contributed by atoms with Gasteiger partial charge in [-0.2, -0.15) is 0 Å². The van der Waals surface area contributed by atoms with Crippen LogP contribution in [0.15, 0.2) is 24.3 Å². The predicted octanol–water partition coefficient (Wildman–Crippen LogP) is 1.29. The molecule has 1 aliphatic carbocycles. The topological polar surface area (TPSA) is 76.1 Å². The number of nitrogens with zero attached hydrogens (tertiary/aromatic N) is 1. The van der Waals surface area contributed by atoms with Gasteiger partial charge in [0.25, 0.3) is 5.91 Å². The molecule has 1 heterocycles. The number of hydrogen-bond donors (Lipinski definition) is 1. The summed E-state index contributed by atoms with van der Waals surface area (Å²) >= 11 is 0. The van der Waals surface area contributed by atoms with Gasteiger partial charge in [-0.15, -0.1) is 0 Å². The van der Waals surface area contributed by atoms with Gasteiger partial charge in [0.05, 0.1) is 0 Å². The molecular formula is C15H17NO5. The van der Waals surface area contributed by atoms with Crippen LogP contribution < -0.4 is 9.47 Å². The van der Waals surface area contributed by atoms with Crippen LogP contribution in [-0.4, -0.2) is 46.7 Å². The number of carbonyl (C=O) groups is 2. The molecule has 2 unspecified atom stereocenters. The van der Waals surface area contributed by atoms with Crippen LogP contribution in [-0.2, 0) is 9.59 Å². The smallest absolute Gasteiger partial charge is 0.323 e. The fourth-order valence-corrected chi connectivity index (χ4v) is 2.47. The summed E-state index contributed by atoms with van der Waals surface area (Å²) in [4.78, 5) is 24.9. The molecule has 0 aromatic heterocycles. The molecule has 6 nitrogen and oxygen atoms in total. The third-order valence-corrected chi connectivity index (χ3v) is 3.66. The highest BCUT2D eigenvalue weighted by Crippen LogP contribution is 2.35. The summed E-state index contributed by atoms with van der Waals surface area (Å²) in [5.41, 5.74) is 0. The Labute approximate surface area is 122 Å². The van der Waals surface area contributed by atoms with E-state index >= 15 is 0 Å². The Morgan fingerprint density at radius 2 is 1.86 bits per heavy atom. The number of carboxylic acids is 1. The highest BCUT2D eigenvalue weighted by Gasteiger charge is 2.42. The van der Waals surface area contributed by atoms with Crippen molar-refractivity contribution < 1.29 is 24.2 Å². The maximum absolute atomic E-state index is 12.6. The maximum atomic E-state index is 12.6. The Morgan fingerprint density at radius 1 is 1.24 bits per heavy atom. The molecule has 0 spiro atoms. The number of para-hydroxylation sites is 2. The minimum absolute atomic E-state index is 0.0153. The van der Waals surface area contributed by atoms with Gasteiger partial charge in [-0.3, -0.25) is 9.59 Å². The van der Waals surface area contributed by atoms with Crippen molar-refractivity contribution >= 4 is 11.9 Å². The second-order valence-corrected chi connectivity index (χ2v) is 5.40. The van der Waals surface area contributed by atoms with Crippen molar-refractivity contribution in [2.24, 2.45) is 0 Å². The summed E-state index contributed by atoms with van der Waals surface area (Å²) in [7, 11) is 0. The van der Waals surface area contributed by atoms with Crippen LogP contribution in [0.3, 0.4) is 0 Å². The van der Waals surface area contributed by atoms with Crippen molar-refractivity contribution in [1.29, 1.82) is 0 Å². The second kappa shape index (κ2) is 5.27. The van der Waals surface area contributed by atoms with E-state index in [0.717, 1.165) is 12.8 Å². The van der Waals surface area contributed by atoms with Gasteiger partial charge in [-0.1, -0.05) is 12.1 Å².